The van der Waals surface area contributed by atoms with Crippen LogP contribution in [0.4, 0.5) is 0 Å². The zero-order valence-electron chi connectivity index (χ0n) is 8.93. The van der Waals surface area contributed by atoms with Crippen molar-refractivity contribution in [2.24, 2.45) is 5.73 Å². The maximum absolute atomic E-state index is 11.3. The largest absolute Gasteiger partial charge is 0.320 e. The van der Waals surface area contributed by atoms with Gasteiger partial charge in [-0.1, -0.05) is 11.8 Å². The minimum atomic E-state index is -3.52. The Kier molecular flexibility index (Phi) is 5.13. The lowest BCUT2D eigenvalue weighted by Crippen LogP contribution is -2.25. The topological polar surface area (TPSA) is 96.0 Å². The van der Waals surface area contributed by atoms with Gasteiger partial charge >= 0.3 is 0 Å². The third-order valence-electron chi connectivity index (χ3n) is 1.78. The molecule has 1 rings (SSSR count). The predicted molar refractivity (Wildman–Crippen MR) is 66.5 cm³/mol. The van der Waals surface area contributed by atoms with Gasteiger partial charge in [0.2, 0.25) is 10.0 Å². The van der Waals surface area contributed by atoms with Crippen molar-refractivity contribution in [1.82, 2.24) is 4.72 Å². The van der Waals surface area contributed by atoms with E-state index >= 15 is 0 Å². The van der Waals surface area contributed by atoms with Crippen LogP contribution in [-0.2, 0) is 16.6 Å². The van der Waals surface area contributed by atoms with Crippen molar-refractivity contribution in [2.45, 2.75) is 6.54 Å². The van der Waals surface area contributed by atoms with Crippen molar-refractivity contribution in [3.63, 3.8) is 0 Å². The van der Waals surface area contributed by atoms with E-state index in [9.17, 15) is 8.42 Å². The SMILES string of the molecule is N#CCS(=O)(=O)NCc1sccc1C#CCN. The molecule has 0 bridgehead atoms. The van der Waals surface area contributed by atoms with Crippen molar-refractivity contribution in [2.75, 3.05) is 12.3 Å². The first kappa shape index (κ1) is 13.7. The molecular weight excluding hydrogens is 258 g/mol. The highest BCUT2D eigenvalue weighted by molar-refractivity contribution is 7.89. The van der Waals surface area contributed by atoms with Crippen LogP contribution in [0.3, 0.4) is 0 Å². The summed E-state index contributed by atoms with van der Waals surface area (Å²) in [4.78, 5) is 0.812. The Morgan fingerprint density at radius 3 is 2.94 bits per heavy atom. The van der Waals surface area contributed by atoms with Gasteiger partial charge in [-0.3, -0.25) is 0 Å². The number of nitriles is 1. The van der Waals surface area contributed by atoms with Crippen LogP contribution in [-0.4, -0.2) is 20.7 Å². The Balaban J connectivity index is 2.71. The van der Waals surface area contributed by atoms with E-state index in [1.807, 2.05) is 5.38 Å². The van der Waals surface area contributed by atoms with Crippen molar-refractivity contribution < 1.29 is 8.42 Å². The van der Waals surface area contributed by atoms with Gasteiger partial charge in [-0.15, -0.1) is 11.3 Å². The standard InChI is InChI=1S/C10H11N3O2S2/c11-4-1-2-9-3-6-16-10(9)8-13-17(14,15)7-5-12/h3,6,13H,4,7-8,11H2. The van der Waals surface area contributed by atoms with Crippen LogP contribution in [0, 0.1) is 23.2 Å². The molecule has 0 atom stereocenters. The van der Waals surface area contributed by atoms with Crippen molar-refractivity contribution in [1.29, 1.82) is 5.26 Å². The second kappa shape index (κ2) is 6.38. The quantitative estimate of drug-likeness (QED) is 0.752. The van der Waals surface area contributed by atoms with E-state index < -0.39 is 15.8 Å². The van der Waals surface area contributed by atoms with E-state index in [-0.39, 0.29) is 13.1 Å². The molecule has 90 valence electrons. The van der Waals surface area contributed by atoms with Crippen LogP contribution < -0.4 is 10.5 Å². The molecule has 0 unspecified atom stereocenters. The van der Waals surface area contributed by atoms with E-state index in [0.29, 0.717) is 0 Å². The summed E-state index contributed by atoms with van der Waals surface area (Å²) in [7, 11) is -3.52. The Bertz CT molecular complexity index is 573. The van der Waals surface area contributed by atoms with Gasteiger partial charge in [0.15, 0.2) is 5.75 Å². The van der Waals surface area contributed by atoms with Crippen molar-refractivity contribution in [3.8, 4) is 17.9 Å². The van der Waals surface area contributed by atoms with Crippen molar-refractivity contribution >= 4 is 21.4 Å². The fourth-order valence-corrected chi connectivity index (χ4v) is 2.54. The Morgan fingerprint density at radius 1 is 1.53 bits per heavy atom. The average Bonchev–Trinajstić information content (AvgIpc) is 2.71. The highest BCUT2D eigenvalue weighted by Gasteiger charge is 2.10. The Hall–Kier alpha value is -1.38. The summed E-state index contributed by atoms with van der Waals surface area (Å²) in [5.74, 6) is 5.03. The van der Waals surface area contributed by atoms with E-state index in [0.717, 1.165) is 10.4 Å². The summed E-state index contributed by atoms with van der Waals surface area (Å²) in [6.07, 6.45) is 0. The van der Waals surface area contributed by atoms with Gasteiger partial charge in [0.05, 0.1) is 12.6 Å². The van der Waals surface area contributed by atoms with Crippen LogP contribution in [0.1, 0.15) is 10.4 Å². The molecule has 0 amide bonds. The second-order valence-corrected chi connectivity index (χ2v) is 5.81. The molecule has 0 aliphatic carbocycles. The first-order chi connectivity index (χ1) is 8.09. The fraction of sp³-hybridized carbons (Fsp3) is 0.300. The molecule has 7 heteroatoms. The van der Waals surface area contributed by atoms with Gasteiger partial charge < -0.3 is 5.73 Å². The smallest absolute Gasteiger partial charge is 0.225 e. The first-order valence-corrected chi connectivity index (χ1v) is 7.22. The molecule has 0 aliphatic rings. The number of rotatable bonds is 4. The molecule has 0 aromatic carbocycles. The fourth-order valence-electron chi connectivity index (χ4n) is 1.05. The summed E-state index contributed by atoms with van der Waals surface area (Å²) in [5.41, 5.74) is 6.02. The summed E-state index contributed by atoms with van der Waals surface area (Å²) in [6.45, 7) is 0.408. The van der Waals surface area contributed by atoms with Crippen LogP contribution in [0.15, 0.2) is 11.4 Å². The van der Waals surface area contributed by atoms with Gasteiger partial charge in [0, 0.05) is 17.0 Å². The number of sulfonamides is 1. The number of hydrogen-bond acceptors (Lipinski definition) is 5. The van der Waals surface area contributed by atoms with Crippen molar-refractivity contribution in [3.05, 3.63) is 21.9 Å². The maximum Gasteiger partial charge on any atom is 0.225 e. The highest BCUT2D eigenvalue weighted by Crippen LogP contribution is 2.15. The summed E-state index contributed by atoms with van der Waals surface area (Å²) >= 11 is 1.41. The zero-order chi connectivity index (χ0) is 12.7. The normalized spacial score (nSPS) is 10.4. The molecule has 0 spiro atoms. The number of hydrogen-bond donors (Lipinski definition) is 2. The van der Waals surface area contributed by atoms with Gasteiger partial charge in [-0.25, -0.2) is 13.1 Å². The zero-order valence-corrected chi connectivity index (χ0v) is 10.6. The summed E-state index contributed by atoms with van der Waals surface area (Å²) in [5, 5.41) is 10.2. The lowest BCUT2D eigenvalue weighted by atomic mass is 10.2. The molecule has 1 aromatic rings. The van der Waals surface area contributed by atoms with Crippen LogP contribution in [0.25, 0.3) is 0 Å². The molecule has 1 heterocycles. The monoisotopic (exact) mass is 269 g/mol. The van der Waals surface area contributed by atoms with Gasteiger partial charge in [0.1, 0.15) is 0 Å². The number of nitrogens with two attached hydrogens (primary N) is 1. The molecule has 1 aromatic heterocycles. The third-order valence-corrected chi connectivity index (χ3v) is 3.79. The minimum absolute atomic E-state index is 0.149. The molecule has 0 aliphatic heterocycles. The van der Waals surface area contributed by atoms with Crippen LogP contribution in [0.2, 0.25) is 0 Å². The van der Waals surface area contributed by atoms with E-state index in [1.165, 1.54) is 11.3 Å². The molecule has 5 nitrogen and oxygen atoms in total. The lowest BCUT2D eigenvalue weighted by molar-refractivity contribution is 0.585. The molecule has 0 radical (unpaired) electrons. The number of thiophene rings is 1. The molecule has 17 heavy (non-hydrogen) atoms. The van der Waals surface area contributed by atoms with Gasteiger partial charge in [0.25, 0.3) is 0 Å². The first-order valence-electron chi connectivity index (χ1n) is 4.68. The molecule has 0 fully saturated rings. The van der Waals surface area contributed by atoms with Gasteiger partial charge in [-0.05, 0) is 11.4 Å². The van der Waals surface area contributed by atoms with E-state index in [2.05, 4.69) is 16.6 Å². The average molecular weight is 269 g/mol. The predicted octanol–water partition coefficient (Wildman–Crippen LogP) is 0.00128. The Labute approximate surface area is 104 Å². The van der Waals surface area contributed by atoms with E-state index in [1.54, 1.807) is 12.1 Å². The summed E-state index contributed by atoms with van der Waals surface area (Å²) < 4.78 is 24.9. The van der Waals surface area contributed by atoms with Crippen LogP contribution in [0.5, 0.6) is 0 Å². The Morgan fingerprint density at radius 2 is 2.29 bits per heavy atom. The van der Waals surface area contributed by atoms with Crippen LogP contribution >= 0.6 is 11.3 Å². The molecule has 0 saturated heterocycles. The maximum atomic E-state index is 11.3. The highest BCUT2D eigenvalue weighted by atomic mass is 32.2. The second-order valence-electron chi connectivity index (χ2n) is 3.00. The van der Waals surface area contributed by atoms with E-state index in [4.69, 9.17) is 11.0 Å². The summed E-state index contributed by atoms with van der Waals surface area (Å²) in [6, 6.07) is 3.40. The van der Waals surface area contributed by atoms with Gasteiger partial charge in [-0.2, -0.15) is 5.26 Å². The number of nitrogens with zero attached hydrogens (tertiary/aromatic N) is 1. The third kappa shape index (κ3) is 4.55. The number of nitrogens with one attached hydrogen (secondary N) is 1. The lowest BCUT2D eigenvalue weighted by Gasteiger charge is -2.01. The molecule has 3 N–H and O–H groups in total. The molecule has 0 saturated carbocycles. The minimum Gasteiger partial charge on any atom is -0.320 e. The molecular formula is C10H11N3O2S2.